The van der Waals surface area contributed by atoms with Crippen molar-refractivity contribution in [3.63, 3.8) is 0 Å². The number of ether oxygens (including phenoxy) is 1. The van der Waals surface area contributed by atoms with Gasteiger partial charge in [0.05, 0.1) is 13.2 Å². The number of methoxy groups -OCH3 is 1. The Bertz CT molecular complexity index is 767. The van der Waals surface area contributed by atoms with E-state index in [1.165, 1.54) is 13.2 Å². The molecule has 1 atom stereocenters. The maximum absolute atomic E-state index is 12.3. The predicted octanol–water partition coefficient (Wildman–Crippen LogP) is 2.31. The van der Waals surface area contributed by atoms with Gasteiger partial charge in [0.25, 0.3) is 0 Å². The highest BCUT2D eigenvalue weighted by atomic mass is 32.2. The summed E-state index contributed by atoms with van der Waals surface area (Å²) in [5.74, 6) is 1.63. The van der Waals surface area contributed by atoms with Gasteiger partial charge in [0, 0.05) is 12.1 Å². The lowest BCUT2D eigenvalue weighted by molar-refractivity contribution is 0.167. The van der Waals surface area contributed by atoms with Crippen LogP contribution in [-0.2, 0) is 10.0 Å². The van der Waals surface area contributed by atoms with Gasteiger partial charge in [-0.15, -0.1) is 0 Å². The van der Waals surface area contributed by atoms with Gasteiger partial charge in [-0.1, -0.05) is 12.1 Å². The number of benzene rings is 1. The zero-order chi connectivity index (χ0) is 17.0. The van der Waals surface area contributed by atoms with Crippen LogP contribution in [0.5, 0.6) is 5.75 Å². The van der Waals surface area contributed by atoms with Crippen LogP contribution in [0.15, 0.2) is 39.6 Å². The van der Waals surface area contributed by atoms with E-state index in [1.54, 1.807) is 38.1 Å². The van der Waals surface area contributed by atoms with Crippen LogP contribution in [0.3, 0.4) is 0 Å². The molecule has 0 saturated heterocycles. The van der Waals surface area contributed by atoms with Gasteiger partial charge in [0.2, 0.25) is 10.0 Å². The number of aryl methyl sites for hydroxylation is 2. The van der Waals surface area contributed by atoms with Crippen molar-refractivity contribution in [2.45, 2.75) is 31.3 Å². The van der Waals surface area contributed by atoms with Crippen molar-refractivity contribution < 1.29 is 22.7 Å². The quantitative estimate of drug-likeness (QED) is 0.808. The molecule has 2 aromatic rings. The topological polar surface area (TPSA) is 88.8 Å². The number of aliphatic hydroxyl groups excluding tert-OH is 1. The average Bonchev–Trinajstić information content (AvgIpc) is 2.85. The van der Waals surface area contributed by atoms with Gasteiger partial charge in [0.15, 0.2) is 0 Å². The molecule has 0 aliphatic heterocycles. The predicted molar refractivity (Wildman–Crippen MR) is 85.9 cm³/mol. The SMILES string of the molecule is COc1ccccc1S(=O)(=O)NCCC(O)c1cc(C)oc1C. The molecule has 0 fully saturated rings. The first-order valence-corrected chi connectivity index (χ1v) is 8.71. The van der Waals surface area contributed by atoms with Crippen LogP contribution in [0.25, 0.3) is 0 Å². The molecular formula is C16H21NO5S. The molecule has 126 valence electrons. The third-order valence-electron chi connectivity index (χ3n) is 3.51. The molecule has 1 aromatic carbocycles. The molecular weight excluding hydrogens is 318 g/mol. The first kappa shape index (κ1) is 17.5. The second kappa shape index (κ2) is 7.16. The summed E-state index contributed by atoms with van der Waals surface area (Å²) >= 11 is 0. The van der Waals surface area contributed by atoms with E-state index < -0.39 is 16.1 Å². The van der Waals surface area contributed by atoms with E-state index in [0.717, 1.165) is 0 Å². The molecule has 0 aliphatic rings. The first-order chi connectivity index (χ1) is 10.8. The van der Waals surface area contributed by atoms with Crippen LogP contribution < -0.4 is 9.46 Å². The Morgan fingerprint density at radius 2 is 2.00 bits per heavy atom. The third-order valence-corrected chi connectivity index (χ3v) is 5.01. The van der Waals surface area contributed by atoms with E-state index in [0.29, 0.717) is 17.1 Å². The van der Waals surface area contributed by atoms with Crippen molar-refractivity contribution in [2.75, 3.05) is 13.7 Å². The van der Waals surface area contributed by atoms with Crippen LogP contribution in [0.4, 0.5) is 0 Å². The molecule has 23 heavy (non-hydrogen) atoms. The number of sulfonamides is 1. The number of hydrogen-bond donors (Lipinski definition) is 2. The van der Waals surface area contributed by atoms with Crippen molar-refractivity contribution in [3.8, 4) is 5.75 Å². The molecule has 0 amide bonds. The number of furan rings is 1. The Morgan fingerprint density at radius 1 is 1.30 bits per heavy atom. The van der Waals surface area contributed by atoms with Crippen LogP contribution in [0, 0.1) is 13.8 Å². The van der Waals surface area contributed by atoms with E-state index in [2.05, 4.69) is 4.72 Å². The van der Waals surface area contributed by atoms with Gasteiger partial charge in [-0.2, -0.15) is 0 Å². The Kier molecular flexibility index (Phi) is 5.46. The summed E-state index contributed by atoms with van der Waals surface area (Å²) in [6, 6.07) is 8.14. The molecule has 1 unspecified atom stereocenters. The van der Waals surface area contributed by atoms with Crippen molar-refractivity contribution in [2.24, 2.45) is 0 Å². The Labute approximate surface area is 136 Å². The second-order valence-electron chi connectivity index (χ2n) is 5.22. The zero-order valence-electron chi connectivity index (χ0n) is 13.4. The Hall–Kier alpha value is -1.83. The van der Waals surface area contributed by atoms with Gasteiger partial charge < -0.3 is 14.3 Å². The van der Waals surface area contributed by atoms with Crippen LogP contribution in [-0.4, -0.2) is 27.2 Å². The van der Waals surface area contributed by atoms with E-state index >= 15 is 0 Å². The maximum Gasteiger partial charge on any atom is 0.244 e. The molecule has 0 bridgehead atoms. The minimum absolute atomic E-state index is 0.0762. The summed E-state index contributed by atoms with van der Waals surface area (Å²) in [6.07, 6.45) is -0.540. The summed E-state index contributed by atoms with van der Waals surface area (Å²) < 4.78 is 37.5. The monoisotopic (exact) mass is 339 g/mol. The summed E-state index contributed by atoms with van der Waals surface area (Å²) in [5, 5.41) is 10.2. The number of aliphatic hydroxyl groups is 1. The molecule has 2 rings (SSSR count). The molecule has 0 saturated carbocycles. The molecule has 7 heteroatoms. The normalized spacial score (nSPS) is 13.0. The minimum atomic E-state index is -3.70. The summed E-state index contributed by atoms with van der Waals surface area (Å²) in [5.41, 5.74) is 0.680. The third kappa shape index (κ3) is 4.13. The lowest BCUT2D eigenvalue weighted by atomic mass is 10.1. The van der Waals surface area contributed by atoms with Crippen molar-refractivity contribution >= 4 is 10.0 Å². The molecule has 1 aromatic heterocycles. The number of rotatable bonds is 7. The number of hydrogen-bond acceptors (Lipinski definition) is 5. The lowest BCUT2D eigenvalue weighted by Gasteiger charge is -2.12. The summed E-state index contributed by atoms with van der Waals surface area (Å²) in [7, 11) is -2.28. The molecule has 0 aliphatic carbocycles. The van der Waals surface area contributed by atoms with Crippen LogP contribution in [0.2, 0.25) is 0 Å². The van der Waals surface area contributed by atoms with Crippen molar-refractivity contribution in [3.05, 3.63) is 47.4 Å². The average molecular weight is 339 g/mol. The zero-order valence-corrected chi connectivity index (χ0v) is 14.2. The number of nitrogens with one attached hydrogen (secondary N) is 1. The van der Waals surface area contributed by atoms with Gasteiger partial charge in [-0.3, -0.25) is 0 Å². The number of para-hydroxylation sites is 1. The van der Waals surface area contributed by atoms with Crippen LogP contribution in [0.1, 0.15) is 29.6 Å². The molecule has 6 nitrogen and oxygen atoms in total. The summed E-state index contributed by atoms with van der Waals surface area (Å²) in [4.78, 5) is 0.0762. The largest absolute Gasteiger partial charge is 0.495 e. The van der Waals surface area contributed by atoms with E-state index in [1.807, 2.05) is 0 Å². The molecule has 1 heterocycles. The van der Waals surface area contributed by atoms with Gasteiger partial charge in [0.1, 0.15) is 22.2 Å². The maximum atomic E-state index is 12.3. The van der Waals surface area contributed by atoms with Gasteiger partial charge in [-0.25, -0.2) is 13.1 Å². The highest BCUT2D eigenvalue weighted by Crippen LogP contribution is 2.25. The highest BCUT2D eigenvalue weighted by molar-refractivity contribution is 7.89. The first-order valence-electron chi connectivity index (χ1n) is 7.23. The molecule has 0 spiro atoms. The Morgan fingerprint density at radius 3 is 2.61 bits per heavy atom. The van der Waals surface area contributed by atoms with E-state index in [4.69, 9.17) is 9.15 Å². The fraction of sp³-hybridized carbons (Fsp3) is 0.375. The minimum Gasteiger partial charge on any atom is -0.495 e. The van der Waals surface area contributed by atoms with Gasteiger partial charge in [-0.05, 0) is 38.5 Å². The highest BCUT2D eigenvalue weighted by Gasteiger charge is 2.20. The van der Waals surface area contributed by atoms with Crippen LogP contribution >= 0.6 is 0 Å². The van der Waals surface area contributed by atoms with E-state index in [9.17, 15) is 13.5 Å². The fourth-order valence-electron chi connectivity index (χ4n) is 2.39. The molecule has 2 N–H and O–H groups in total. The fourth-order valence-corrected chi connectivity index (χ4v) is 3.60. The van der Waals surface area contributed by atoms with Gasteiger partial charge >= 0.3 is 0 Å². The lowest BCUT2D eigenvalue weighted by Crippen LogP contribution is -2.26. The molecule has 0 radical (unpaired) electrons. The second-order valence-corrected chi connectivity index (χ2v) is 6.96. The van der Waals surface area contributed by atoms with Crippen molar-refractivity contribution in [1.29, 1.82) is 0 Å². The summed E-state index contributed by atoms with van der Waals surface area (Å²) in [6.45, 7) is 3.67. The van der Waals surface area contributed by atoms with E-state index in [-0.39, 0.29) is 23.6 Å². The Balaban J connectivity index is 2.01. The smallest absolute Gasteiger partial charge is 0.244 e. The standard InChI is InChI=1S/C16H21NO5S/c1-11-10-13(12(2)22-11)14(18)8-9-17-23(19,20)16-7-5-4-6-15(16)21-3/h4-7,10,14,17-18H,8-9H2,1-3H3. The van der Waals surface area contributed by atoms with Crippen molar-refractivity contribution in [1.82, 2.24) is 4.72 Å².